The summed E-state index contributed by atoms with van der Waals surface area (Å²) < 4.78 is 39.9. The summed E-state index contributed by atoms with van der Waals surface area (Å²) in [6.45, 7) is 0. The minimum atomic E-state index is -4.79. The van der Waals surface area contributed by atoms with Gasteiger partial charge in [0.05, 0.1) is 4.47 Å². The normalized spacial score (nSPS) is 11.8. The molecule has 1 aromatic rings. The molecule has 0 aliphatic carbocycles. The van der Waals surface area contributed by atoms with Gasteiger partial charge in [0.15, 0.2) is 0 Å². The Hall–Kier alpha value is -1.50. The van der Waals surface area contributed by atoms with Crippen molar-refractivity contribution < 1.29 is 27.8 Å². The molecule has 0 aliphatic rings. The largest absolute Gasteiger partial charge is 0.573 e. The van der Waals surface area contributed by atoms with Gasteiger partial charge < -0.3 is 9.84 Å². The fraction of sp³-hybridized carbons (Fsp3) is 0.100. The van der Waals surface area contributed by atoms with Crippen molar-refractivity contribution in [2.75, 3.05) is 0 Å². The highest BCUT2D eigenvalue weighted by molar-refractivity contribution is 9.10. The molecule has 0 spiro atoms. The number of benzene rings is 1. The van der Waals surface area contributed by atoms with Crippen LogP contribution in [-0.2, 0) is 4.79 Å². The van der Waals surface area contributed by atoms with Crippen molar-refractivity contribution in [2.24, 2.45) is 0 Å². The van der Waals surface area contributed by atoms with Crippen LogP contribution in [0.15, 0.2) is 28.7 Å². The quantitative estimate of drug-likeness (QED) is 0.870. The summed E-state index contributed by atoms with van der Waals surface area (Å²) in [7, 11) is 0. The summed E-state index contributed by atoms with van der Waals surface area (Å²) in [5.74, 6) is -1.61. The van der Waals surface area contributed by atoms with Crippen molar-refractivity contribution in [1.82, 2.24) is 0 Å². The first-order valence-corrected chi connectivity index (χ1v) is 5.03. The van der Waals surface area contributed by atoms with E-state index in [2.05, 4.69) is 20.7 Å². The van der Waals surface area contributed by atoms with E-state index in [1.165, 1.54) is 12.1 Å². The molecule has 0 bridgehead atoms. The minimum absolute atomic E-state index is 0.127. The molecule has 0 saturated carbocycles. The average molecular weight is 311 g/mol. The Balaban J connectivity index is 2.98. The van der Waals surface area contributed by atoms with Crippen LogP contribution in [0, 0.1) is 0 Å². The fourth-order valence-corrected chi connectivity index (χ4v) is 1.32. The van der Waals surface area contributed by atoms with Crippen LogP contribution in [0.4, 0.5) is 13.2 Å². The first kappa shape index (κ1) is 13.6. The van der Waals surface area contributed by atoms with Gasteiger partial charge in [0.2, 0.25) is 0 Å². The Kier molecular flexibility index (Phi) is 4.17. The molecule has 92 valence electrons. The summed E-state index contributed by atoms with van der Waals surface area (Å²) in [5.41, 5.74) is 0.287. The second-order valence-electron chi connectivity index (χ2n) is 2.91. The molecule has 0 aliphatic heterocycles. The molecule has 0 heterocycles. The number of carbonyl (C=O) groups is 1. The molecule has 0 atom stereocenters. The summed E-state index contributed by atoms with van der Waals surface area (Å²) in [6, 6.07) is 3.87. The molecular weight excluding hydrogens is 305 g/mol. The zero-order valence-corrected chi connectivity index (χ0v) is 9.75. The lowest BCUT2D eigenvalue weighted by Gasteiger charge is -2.10. The van der Waals surface area contributed by atoms with Crippen LogP contribution >= 0.6 is 15.9 Å². The fourth-order valence-electron chi connectivity index (χ4n) is 0.994. The summed E-state index contributed by atoms with van der Waals surface area (Å²) in [5, 5.41) is 8.38. The zero-order valence-electron chi connectivity index (χ0n) is 8.16. The Morgan fingerprint density at radius 2 is 2.06 bits per heavy atom. The van der Waals surface area contributed by atoms with Crippen molar-refractivity contribution in [3.63, 3.8) is 0 Å². The van der Waals surface area contributed by atoms with Crippen molar-refractivity contribution in [3.8, 4) is 5.75 Å². The first-order valence-electron chi connectivity index (χ1n) is 4.24. The van der Waals surface area contributed by atoms with E-state index in [-0.39, 0.29) is 10.0 Å². The van der Waals surface area contributed by atoms with Crippen LogP contribution in [0.3, 0.4) is 0 Å². The van der Waals surface area contributed by atoms with E-state index < -0.39 is 18.1 Å². The topological polar surface area (TPSA) is 46.5 Å². The van der Waals surface area contributed by atoms with E-state index in [1.54, 1.807) is 0 Å². The van der Waals surface area contributed by atoms with E-state index in [0.717, 1.165) is 18.2 Å². The van der Waals surface area contributed by atoms with Crippen molar-refractivity contribution in [1.29, 1.82) is 0 Å². The summed E-state index contributed by atoms with van der Waals surface area (Å²) in [4.78, 5) is 10.2. The maximum Gasteiger partial charge on any atom is 0.573 e. The van der Waals surface area contributed by atoms with E-state index in [0.29, 0.717) is 0 Å². The van der Waals surface area contributed by atoms with Crippen LogP contribution in [0.1, 0.15) is 5.56 Å². The lowest BCUT2D eigenvalue weighted by molar-refractivity contribution is -0.274. The van der Waals surface area contributed by atoms with Gasteiger partial charge in [-0.25, -0.2) is 4.79 Å². The van der Waals surface area contributed by atoms with Gasteiger partial charge in [0, 0.05) is 6.08 Å². The molecule has 0 saturated heterocycles. The minimum Gasteiger partial charge on any atom is -0.478 e. The molecule has 1 rings (SSSR count). The average Bonchev–Trinajstić information content (AvgIpc) is 2.17. The molecule has 7 heteroatoms. The highest BCUT2D eigenvalue weighted by Crippen LogP contribution is 2.31. The predicted molar refractivity (Wildman–Crippen MR) is 57.5 cm³/mol. The number of carboxylic acid groups (broad SMARTS) is 1. The van der Waals surface area contributed by atoms with E-state index in [4.69, 9.17) is 5.11 Å². The monoisotopic (exact) mass is 310 g/mol. The van der Waals surface area contributed by atoms with Gasteiger partial charge >= 0.3 is 12.3 Å². The third kappa shape index (κ3) is 4.90. The van der Waals surface area contributed by atoms with Gasteiger partial charge in [-0.3, -0.25) is 0 Å². The second-order valence-corrected chi connectivity index (χ2v) is 3.76. The second kappa shape index (κ2) is 5.22. The number of rotatable bonds is 3. The van der Waals surface area contributed by atoms with Crippen molar-refractivity contribution in [2.45, 2.75) is 6.36 Å². The summed E-state index contributed by atoms with van der Waals surface area (Å²) in [6.07, 6.45) is -2.81. The molecule has 0 fully saturated rings. The standard InChI is InChI=1S/C10H6BrF3O3/c11-7-3-1-6(2-4-9(15)16)5-8(7)17-10(12,13)14/h1-5H,(H,15,16)/b4-2+. The van der Waals surface area contributed by atoms with E-state index >= 15 is 0 Å². The number of hydrogen-bond donors (Lipinski definition) is 1. The first-order chi connectivity index (χ1) is 7.78. The maximum absolute atomic E-state index is 12.0. The summed E-state index contributed by atoms with van der Waals surface area (Å²) >= 11 is 2.90. The highest BCUT2D eigenvalue weighted by atomic mass is 79.9. The van der Waals surface area contributed by atoms with E-state index in [1.807, 2.05) is 0 Å². The van der Waals surface area contributed by atoms with Gasteiger partial charge in [-0.05, 0) is 39.7 Å². The smallest absolute Gasteiger partial charge is 0.478 e. The van der Waals surface area contributed by atoms with Crippen LogP contribution in [0.5, 0.6) is 5.75 Å². The van der Waals surface area contributed by atoms with Crippen LogP contribution < -0.4 is 4.74 Å². The molecule has 0 amide bonds. The molecule has 0 radical (unpaired) electrons. The Morgan fingerprint density at radius 3 is 2.59 bits per heavy atom. The number of carboxylic acids is 1. The van der Waals surface area contributed by atoms with E-state index in [9.17, 15) is 18.0 Å². The maximum atomic E-state index is 12.0. The van der Waals surface area contributed by atoms with Crippen LogP contribution in [0.2, 0.25) is 0 Å². The molecular formula is C10H6BrF3O3. The molecule has 0 unspecified atom stereocenters. The molecule has 17 heavy (non-hydrogen) atoms. The van der Waals surface area contributed by atoms with Gasteiger partial charge in [-0.15, -0.1) is 13.2 Å². The number of ether oxygens (including phenoxy) is 1. The number of aliphatic carboxylic acids is 1. The van der Waals surface area contributed by atoms with Crippen molar-refractivity contribution >= 4 is 28.0 Å². The Bertz CT molecular complexity index is 455. The van der Waals surface area contributed by atoms with Crippen LogP contribution in [0.25, 0.3) is 6.08 Å². The SMILES string of the molecule is O=C(O)/C=C/c1ccc(Br)c(OC(F)(F)F)c1. The van der Waals surface area contributed by atoms with Gasteiger partial charge in [-0.2, -0.15) is 0 Å². The van der Waals surface area contributed by atoms with Gasteiger partial charge in [0.1, 0.15) is 5.75 Å². The molecule has 3 nitrogen and oxygen atoms in total. The number of hydrogen-bond acceptors (Lipinski definition) is 2. The molecule has 0 aromatic heterocycles. The number of alkyl halides is 3. The van der Waals surface area contributed by atoms with Gasteiger partial charge in [0.25, 0.3) is 0 Å². The molecule has 1 N–H and O–H groups in total. The van der Waals surface area contributed by atoms with Gasteiger partial charge in [-0.1, -0.05) is 6.07 Å². The number of halogens is 4. The van der Waals surface area contributed by atoms with Crippen LogP contribution in [-0.4, -0.2) is 17.4 Å². The predicted octanol–water partition coefficient (Wildman–Crippen LogP) is 3.45. The lowest BCUT2D eigenvalue weighted by atomic mass is 10.2. The third-order valence-corrected chi connectivity index (χ3v) is 2.25. The Morgan fingerprint density at radius 1 is 1.41 bits per heavy atom. The zero-order chi connectivity index (χ0) is 13.1. The molecule has 1 aromatic carbocycles. The Labute approximate surface area is 103 Å². The third-order valence-electron chi connectivity index (χ3n) is 1.60. The lowest BCUT2D eigenvalue weighted by Crippen LogP contribution is -2.17. The highest BCUT2D eigenvalue weighted by Gasteiger charge is 2.31. The van der Waals surface area contributed by atoms with Crippen molar-refractivity contribution in [3.05, 3.63) is 34.3 Å².